The van der Waals surface area contributed by atoms with Gasteiger partial charge >= 0.3 is 5.97 Å². The standard InChI is InChI=1S/C17H18N4O2S/c1-2-23-16(22)15-14(13-5-3-12(11-18)4-6-13)20-17(24-15)21-9-7-19-8-10-21/h3-6,19H,2,7-10H2,1H3. The minimum absolute atomic E-state index is 0.326. The van der Waals surface area contributed by atoms with Crippen LogP contribution in [0, 0.1) is 11.3 Å². The largest absolute Gasteiger partial charge is 0.462 e. The van der Waals surface area contributed by atoms with Crippen molar-refractivity contribution in [1.82, 2.24) is 10.3 Å². The van der Waals surface area contributed by atoms with E-state index in [9.17, 15) is 4.79 Å². The fourth-order valence-electron chi connectivity index (χ4n) is 2.53. The number of piperazine rings is 1. The van der Waals surface area contributed by atoms with E-state index < -0.39 is 0 Å². The second-order valence-electron chi connectivity index (χ2n) is 5.32. The molecule has 24 heavy (non-hydrogen) atoms. The molecule has 0 bridgehead atoms. The highest BCUT2D eigenvalue weighted by atomic mass is 32.1. The lowest BCUT2D eigenvalue weighted by atomic mass is 10.1. The maximum Gasteiger partial charge on any atom is 0.350 e. The van der Waals surface area contributed by atoms with Gasteiger partial charge in [-0.15, -0.1) is 0 Å². The summed E-state index contributed by atoms with van der Waals surface area (Å²) in [5.41, 5.74) is 2.01. The number of hydrogen-bond acceptors (Lipinski definition) is 7. The number of esters is 1. The molecule has 1 aliphatic rings. The lowest BCUT2D eigenvalue weighted by molar-refractivity contribution is 0.0532. The smallest absolute Gasteiger partial charge is 0.350 e. The Morgan fingerprint density at radius 3 is 2.71 bits per heavy atom. The van der Waals surface area contributed by atoms with Gasteiger partial charge in [-0.1, -0.05) is 23.5 Å². The van der Waals surface area contributed by atoms with Crippen LogP contribution in [0.25, 0.3) is 11.3 Å². The van der Waals surface area contributed by atoms with E-state index in [-0.39, 0.29) is 5.97 Å². The molecule has 1 fully saturated rings. The number of carbonyl (C=O) groups excluding carboxylic acids is 1. The number of benzene rings is 1. The van der Waals surface area contributed by atoms with Crippen LogP contribution in [0.2, 0.25) is 0 Å². The average Bonchev–Trinajstić information content (AvgIpc) is 3.08. The Kier molecular flexibility index (Phi) is 5.08. The molecule has 0 unspecified atom stereocenters. The van der Waals surface area contributed by atoms with E-state index in [1.165, 1.54) is 11.3 Å². The molecule has 0 atom stereocenters. The zero-order chi connectivity index (χ0) is 16.9. The topological polar surface area (TPSA) is 78.2 Å². The van der Waals surface area contributed by atoms with Gasteiger partial charge in [0.15, 0.2) is 5.13 Å². The molecule has 0 radical (unpaired) electrons. The SMILES string of the molecule is CCOC(=O)c1sc(N2CCNCC2)nc1-c1ccc(C#N)cc1. The van der Waals surface area contributed by atoms with Gasteiger partial charge in [0.1, 0.15) is 4.88 Å². The summed E-state index contributed by atoms with van der Waals surface area (Å²) in [5, 5.41) is 13.1. The molecule has 2 aromatic rings. The van der Waals surface area contributed by atoms with Crippen LogP contribution in [0.5, 0.6) is 0 Å². The van der Waals surface area contributed by atoms with Crippen molar-refractivity contribution in [3.63, 3.8) is 0 Å². The molecule has 7 heteroatoms. The number of thiazole rings is 1. The van der Waals surface area contributed by atoms with Crippen molar-refractivity contribution in [1.29, 1.82) is 5.26 Å². The van der Waals surface area contributed by atoms with Crippen molar-refractivity contribution in [3.8, 4) is 17.3 Å². The van der Waals surface area contributed by atoms with Crippen LogP contribution in [-0.2, 0) is 4.74 Å². The number of anilines is 1. The first-order chi connectivity index (χ1) is 11.7. The fourth-order valence-corrected chi connectivity index (χ4v) is 3.57. The van der Waals surface area contributed by atoms with Gasteiger partial charge in [-0.2, -0.15) is 5.26 Å². The Balaban J connectivity index is 1.99. The fraction of sp³-hybridized carbons (Fsp3) is 0.353. The molecule has 1 N–H and O–H groups in total. The number of nitrogens with one attached hydrogen (secondary N) is 1. The highest BCUT2D eigenvalue weighted by Crippen LogP contribution is 2.34. The summed E-state index contributed by atoms with van der Waals surface area (Å²) in [4.78, 5) is 19.7. The van der Waals surface area contributed by atoms with Gasteiger partial charge in [0.2, 0.25) is 0 Å². The number of carbonyl (C=O) groups is 1. The number of hydrogen-bond donors (Lipinski definition) is 1. The Morgan fingerprint density at radius 1 is 1.38 bits per heavy atom. The summed E-state index contributed by atoms with van der Waals surface area (Å²) in [5.74, 6) is -0.351. The monoisotopic (exact) mass is 342 g/mol. The van der Waals surface area contributed by atoms with Crippen molar-refractivity contribution in [3.05, 3.63) is 34.7 Å². The highest BCUT2D eigenvalue weighted by Gasteiger charge is 2.24. The minimum Gasteiger partial charge on any atom is -0.462 e. The van der Waals surface area contributed by atoms with Crippen LogP contribution in [0.1, 0.15) is 22.2 Å². The zero-order valence-electron chi connectivity index (χ0n) is 13.4. The number of rotatable bonds is 4. The van der Waals surface area contributed by atoms with E-state index in [1.54, 1.807) is 19.1 Å². The second kappa shape index (κ2) is 7.43. The van der Waals surface area contributed by atoms with Crippen LogP contribution in [0.3, 0.4) is 0 Å². The molecule has 0 spiro atoms. The van der Waals surface area contributed by atoms with E-state index in [2.05, 4.69) is 16.3 Å². The Hall–Kier alpha value is -2.43. The third-order valence-corrected chi connectivity index (χ3v) is 4.85. The highest BCUT2D eigenvalue weighted by molar-refractivity contribution is 7.17. The average molecular weight is 342 g/mol. The quantitative estimate of drug-likeness (QED) is 0.859. The molecule has 0 aliphatic carbocycles. The van der Waals surface area contributed by atoms with Crippen molar-refractivity contribution < 1.29 is 9.53 Å². The predicted molar refractivity (Wildman–Crippen MR) is 93.3 cm³/mol. The summed E-state index contributed by atoms with van der Waals surface area (Å²) in [6, 6.07) is 9.19. The molecule has 1 saturated heterocycles. The van der Waals surface area contributed by atoms with Crippen LogP contribution < -0.4 is 10.2 Å². The number of ether oxygens (including phenoxy) is 1. The maximum absolute atomic E-state index is 12.3. The van der Waals surface area contributed by atoms with Crippen LogP contribution in [0.15, 0.2) is 24.3 Å². The maximum atomic E-state index is 12.3. The second-order valence-corrected chi connectivity index (χ2v) is 6.30. The molecule has 124 valence electrons. The third kappa shape index (κ3) is 3.40. The third-order valence-electron chi connectivity index (χ3n) is 3.75. The number of nitrogens with zero attached hydrogens (tertiary/aromatic N) is 3. The van der Waals surface area contributed by atoms with E-state index in [0.717, 1.165) is 36.9 Å². The molecular weight excluding hydrogens is 324 g/mol. The summed E-state index contributed by atoms with van der Waals surface area (Å²) in [6.07, 6.45) is 0. The number of nitriles is 1. The van der Waals surface area contributed by atoms with E-state index in [1.807, 2.05) is 12.1 Å². The molecule has 1 aromatic heterocycles. The van der Waals surface area contributed by atoms with E-state index >= 15 is 0 Å². The lowest BCUT2D eigenvalue weighted by Crippen LogP contribution is -2.43. The van der Waals surface area contributed by atoms with Gasteiger partial charge < -0.3 is 15.0 Å². The van der Waals surface area contributed by atoms with Crippen molar-refractivity contribution >= 4 is 22.4 Å². The van der Waals surface area contributed by atoms with E-state index in [4.69, 9.17) is 15.0 Å². The van der Waals surface area contributed by atoms with Crippen LogP contribution >= 0.6 is 11.3 Å². The molecule has 0 amide bonds. The summed E-state index contributed by atoms with van der Waals surface area (Å²) < 4.78 is 5.18. The van der Waals surface area contributed by atoms with Gasteiger partial charge in [0.05, 0.1) is 23.9 Å². The van der Waals surface area contributed by atoms with Gasteiger partial charge in [-0.05, 0) is 19.1 Å². The van der Waals surface area contributed by atoms with E-state index in [0.29, 0.717) is 22.7 Å². The van der Waals surface area contributed by atoms with Gasteiger partial charge in [0.25, 0.3) is 0 Å². The molecule has 3 rings (SSSR count). The summed E-state index contributed by atoms with van der Waals surface area (Å²) >= 11 is 1.37. The molecule has 2 heterocycles. The lowest BCUT2D eigenvalue weighted by Gasteiger charge is -2.26. The van der Waals surface area contributed by atoms with Gasteiger partial charge in [0, 0.05) is 31.7 Å². The molecular formula is C17H18N4O2S. The van der Waals surface area contributed by atoms with Crippen molar-refractivity contribution in [2.45, 2.75) is 6.92 Å². The Morgan fingerprint density at radius 2 is 2.08 bits per heavy atom. The first-order valence-electron chi connectivity index (χ1n) is 7.87. The Labute approximate surface area is 144 Å². The normalized spacial score (nSPS) is 14.2. The van der Waals surface area contributed by atoms with Crippen molar-refractivity contribution in [2.75, 3.05) is 37.7 Å². The Bertz CT molecular complexity index is 758. The van der Waals surface area contributed by atoms with Crippen LogP contribution in [-0.4, -0.2) is 43.7 Å². The summed E-state index contributed by atoms with van der Waals surface area (Å²) in [7, 11) is 0. The first kappa shape index (κ1) is 16.4. The molecule has 1 aliphatic heterocycles. The predicted octanol–water partition coefficient (Wildman–Crippen LogP) is 2.27. The molecule has 6 nitrogen and oxygen atoms in total. The van der Waals surface area contributed by atoms with Crippen LogP contribution in [0.4, 0.5) is 5.13 Å². The molecule has 1 aromatic carbocycles. The zero-order valence-corrected chi connectivity index (χ0v) is 14.2. The van der Waals surface area contributed by atoms with Gasteiger partial charge in [-0.25, -0.2) is 9.78 Å². The van der Waals surface area contributed by atoms with Gasteiger partial charge in [-0.3, -0.25) is 0 Å². The minimum atomic E-state index is -0.351. The molecule has 0 saturated carbocycles. The van der Waals surface area contributed by atoms with Crippen molar-refractivity contribution in [2.24, 2.45) is 0 Å². The summed E-state index contributed by atoms with van der Waals surface area (Å²) in [6.45, 7) is 5.65. The first-order valence-corrected chi connectivity index (χ1v) is 8.68. The number of aromatic nitrogens is 1.